The van der Waals surface area contributed by atoms with E-state index in [0.717, 1.165) is 19.6 Å². The lowest BCUT2D eigenvalue weighted by Crippen LogP contribution is -2.44. The highest BCUT2D eigenvalue weighted by Crippen LogP contribution is 2.31. The van der Waals surface area contributed by atoms with Crippen molar-refractivity contribution in [2.75, 3.05) is 53.0 Å². The Hall–Kier alpha value is -2.39. The smallest absolute Gasteiger partial charge is 0.343 e. The number of esters is 1. The predicted octanol–water partition coefficient (Wildman–Crippen LogP) is 2.09. The molecule has 1 atom stereocenters. The molecule has 0 spiro atoms. The Morgan fingerprint density at radius 3 is 2.60 bits per heavy atom. The van der Waals surface area contributed by atoms with E-state index in [1.165, 1.54) is 32.4 Å². The Balaban J connectivity index is 1.51. The Kier molecular flexibility index (Phi) is 8.16. The van der Waals surface area contributed by atoms with Gasteiger partial charge in [0.05, 0.1) is 12.7 Å². The predicted molar refractivity (Wildman–Crippen MR) is 131 cm³/mol. The molecule has 9 heteroatoms. The number of hydrogen-bond acceptors (Lipinski definition) is 7. The summed E-state index contributed by atoms with van der Waals surface area (Å²) >= 11 is 0. The van der Waals surface area contributed by atoms with E-state index in [0.29, 0.717) is 63.4 Å². The fraction of sp³-hybridized carbons (Fsp3) is 0.731. The average molecular weight is 490 g/mol. The standard InChI is InChI=1S/C26H39N3O6/c1-26(2)18-19(8-15-35-26)24(31)28-11-7-20-23(25(32)33-3)21(17-22(30)29(20)13-12-28)34-16-14-27-9-5-4-6-10-27/h17,19H,4-16,18H2,1-3H3/t19-/m0/s1. The average Bonchev–Trinajstić information content (AvgIpc) is 3.07. The van der Waals surface area contributed by atoms with Crippen LogP contribution in [-0.2, 0) is 27.2 Å². The van der Waals surface area contributed by atoms with E-state index in [1.807, 2.05) is 18.7 Å². The van der Waals surface area contributed by atoms with Crippen molar-refractivity contribution in [1.29, 1.82) is 0 Å². The molecule has 9 nitrogen and oxygen atoms in total. The van der Waals surface area contributed by atoms with Crippen LogP contribution in [0.4, 0.5) is 0 Å². The molecule has 3 aliphatic rings. The maximum absolute atomic E-state index is 13.3. The van der Waals surface area contributed by atoms with Crippen molar-refractivity contribution in [2.45, 2.75) is 64.5 Å². The van der Waals surface area contributed by atoms with Crippen LogP contribution in [0, 0.1) is 5.92 Å². The van der Waals surface area contributed by atoms with E-state index in [2.05, 4.69) is 4.90 Å². The minimum Gasteiger partial charge on any atom is -0.491 e. The van der Waals surface area contributed by atoms with Gasteiger partial charge in [-0.15, -0.1) is 0 Å². The fourth-order valence-electron chi connectivity index (χ4n) is 5.57. The molecule has 0 bridgehead atoms. The Labute approximate surface area is 207 Å². The van der Waals surface area contributed by atoms with E-state index in [9.17, 15) is 14.4 Å². The second-order valence-electron chi connectivity index (χ2n) is 10.4. The first-order chi connectivity index (χ1) is 16.8. The summed E-state index contributed by atoms with van der Waals surface area (Å²) in [5.74, 6) is -0.242. The minimum atomic E-state index is -0.521. The first-order valence-corrected chi connectivity index (χ1v) is 12.9. The zero-order chi connectivity index (χ0) is 25.0. The molecule has 0 N–H and O–H groups in total. The van der Waals surface area contributed by atoms with Gasteiger partial charge in [-0.25, -0.2) is 4.79 Å². The first kappa shape index (κ1) is 25.7. The summed E-state index contributed by atoms with van der Waals surface area (Å²) in [7, 11) is 1.33. The van der Waals surface area contributed by atoms with Gasteiger partial charge < -0.3 is 23.7 Å². The van der Waals surface area contributed by atoms with Crippen LogP contribution in [0.5, 0.6) is 5.75 Å². The molecule has 4 heterocycles. The summed E-state index contributed by atoms with van der Waals surface area (Å²) in [5, 5.41) is 0. The Morgan fingerprint density at radius 1 is 1.11 bits per heavy atom. The lowest BCUT2D eigenvalue weighted by molar-refractivity contribution is -0.145. The van der Waals surface area contributed by atoms with Crippen LogP contribution in [-0.4, -0.2) is 84.9 Å². The van der Waals surface area contributed by atoms with Gasteiger partial charge in [0.15, 0.2) is 0 Å². The van der Waals surface area contributed by atoms with Gasteiger partial charge >= 0.3 is 5.97 Å². The number of nitrogens with zero attached hydrogens (tertiary/aromatic N) is 3. The molecule has 0 saturated carbocycles. The molecule has 0 unspecified atom stereocenters. The number of hydrogen-bond donors (Lipinski definition) is 0. The van der Waals surface area contributed by atoms with E-state index in [1.54, 1.807) is 4.57 Å². The zero-order valence-corrected chi connectivity index (χ0v) is 21.3. The lowest BCUT2D eigenvalue weighted by Gasteiger charge is -2.36. The number of pyridine rings is 1. The van der Waals surface area contributed by atoms with Crippen LogP contribution >= 0.6 is 0 Å². The number of amides is 1. The number of ether oxygens (including phenoxy) is 3. The number of carbonyl (C=O) groups is 2. The highest BCUT2D eigenvalue weighted by atomic mass is 16.5. The van der Waals surface area contributed by atoms with Crippen molar-refractivity contribution < 1.29 is 23.8 Å². The Bertz CT molecular complexity index is 982. The summed E-state index contributed by atoms with van der Waals surface area (Å²) in [6.45, 7) is 9.06. The monoisotopic (exact) mass is 489 g/mol. The van der Waals surface area contributed by atoms with Gasteiger partial charge in [-0.05, 0) is 52.6 Å². The van der Waals surface area contributed by atoms with Gasteiger partial charge in [-0.1, -0.05) is 6.42 Å². The number of methoxy groups -OCH3 is 1. The van der Waals surface area contributed by atoms with E-state index >= 15 is 0 Å². The van der Waals surface area contributed by atoms with Crippen molar-refractivity contribution in [3.8, 4) is 5.75 Å². The molecule has 0 aliphatic carbocycles. The largest absolute Gasteiger partial charge is 0.491 e. The molecule has 2 fully saturated rings. The third-order valence-corrected chi connectivity index (χ3v) is 7.45. The summed E-state index contributed by atoms with van der Waals surface area (Å²) in [6, 6.07) is 1.39. The summed E-state index contributed by atoms with van der Waals surface area (Å²) in [5.41, 5.74) is 0.345. The van der Waals surface area contributed by atoms with Crippen molar-refractivity contribution in [1.82, 2.24) is 14.4 Å². The zero-order valence-electron chi connectivity index (χ0n) is 21.3. The summed E-state index contributed by atoms with van der Waals surface area (Å²) in [4.78, 5) is 43.3. The minimum absolute atomic E-state index is 0.0922. The summed E-state index contributed by atoms with van der Waals surface area (Å²) in [6.07, 6.45) is 5.41. The molecular weight excluding hydrogens is 450 g/mol. The molecule has 1 aromatic heterocycles. The van der Waals surface area contributed by atoms with Crippen LogP contribution in [0.3, 0.4) is 0 Å². The van der Waals surface area contributed by atoms with E-state index < -0.39 is 5.97 Å². The van der Waals surface area contributed by atoms with Gasteiger partial charge in [-0.2, -0.15) is 0 Å². The molecule has 194 valence electrons. The lowest BCUT2D eigenvalue weighted by atomic mass is 9.87. The third kappa shape index (κ3) is 6.06. The number of rotatable bonds is 6. The number of carbonyl (C=O) groups excluding carboxylic acids is 2. The maximum Gasteiger partial charge on any atom is 0.343 e. The molecule has 1 amide bonds. The second-order valence-corrected chi connectivity index (χ2v) is 10.4. The molecule has 35 heavy (non-hydrogen) atoms. The van der Waals surface area contributed by atoms with Gasteiger partial charge in [0.25, 0.3) is 5.56 Å². The van der Waals surface area contributed by atoms with Crippen LogP contribution in [0.1, 0.15) is 62.0 Å². The fourth-order valence-corrected chi connectivity index (χ4v) is 5.57. The van der Waals surface area contributed by atoms with E-state index in [-0.39, 0.29) is 28.7 Å². The Morgan fingerprint density at radius 2 is 1.89 bits per heavy atom. The molecule has 0 aromatic carbocycles. The molecular formula is C26H39N3O6. The van der Waals surface area contributed by atoms with Crippen LogP contribution in [0.2, 0.25) is 0 Å². The van der Waals surface area contributed by atoms with Crippen LogP contribution in [0.25, 0.3) is 0 Å². The summed E-state index contributed by atoms with van der Waals surface area (Å²) < 4.78 is 18.4. The third-order valence-electron chi connectivity index (χ3n) is 7.45. The first-order valence-electron chi connectivity index (χ1n) is 12.9. The SMILES string of the molecule is COC(=O)c1c(OCCN2CCCCC2)cc(=O)n2c1CCN(C(=O)[C@H]1CCOC(C)(C)C1)CC2. The molecule has 4 rings (SSSR count). The number of aromatic nitrogens is 1. The second kappa shape index (κ2) is 11.1. The van der Waals surface area contributed by atoms with Crippen LogP contribution in [0.15, 0.2) is 10.9 Å². The molecule has 1 aromatic rings. The van der Waals surface area contributed by atoms with Crippen LogP contribution < -0.4 is 10.3 Å². The highest BCUT2D eigenvalue weighted by Gasteiger charge is 2.36. The number of fused-ring (bicyclic) bond motifs is 1. The molecule has 2 saturated heterocycles. The quantitative estimate of drug-likeness (QED) is 0.565. The van der Waals surface area contributed by atoms with Gasteiger partial charge in [0.2, 0.25) is 5.91 Å². The number of likely N-dealkylation sites (tertiary alicyclic amines) is 1. The van der Waals surface area contributed by atoms with Crippen molar-refractivity contribution in [2.24, 2.45) is 5.92 Å². The highest BCUT2D eigenvalue weighted by molar-refractivity contribution is 5.93. The van der Waals surface area contributed by atoms with Crippen molar-refractivity contribution >= 4 is 11.9 Å². The van der Waals surface area contributed by atoms with Crippen molar-refractivity contribution in [3.63, 3.8) is 0 Å². The molecule has 3 aliphatic heterocycles. The van der Waals surface area contributed by atoms with Crippen molar-refractivity contribution in [3.05, 3.63) is 27.7 Å². The van der Waals surface area contributed by atoms with Gasteiger partial charge in [-0.3, -0.25) is 14.5 Å². The number of piperidine rings is 1. The van der Waals surface area contributed by atoms with Gasteiger partial charge in [0.1, 0.15) is 17.9 Å². The molecule has 0 radical (unpaired) electrons. The maximum atomic E-state index is 13.3. The van der Waals surface area contributed by atoms with E-state index in [4.69, 9.17) is 14.2 Å². The topological polar surface area (TPSA) is 90.3 Å². The van der Waals surface area contributed by atoms with Gasteiger partial charge in [0, 0.05) is 56.9 Å². The normalized spacial score (nSPS) is 22.7.